The highest BCUT2D eigenvalue weighted by Crippen LogP contribution is 2.48. The number of hydrogen-bond acceptors (Lipinski definition) is 5. The van der Waals surface area contributed by atoms with E-state index in [0.29, 0.717) is 37.7 Å². The fourth-order valence-corrected chi connectivity index (χ4v) is 6.27. The molecular formula is C29H26N2O4S. The van der Waals surface area contributed by atoms with Crippen molar-refractivity contribution >= 4 is 15.7 Å². The molecule has 2 aliphatic heterocycles. The number of sulfonamides is 1. The van der Waals surface area contributed by atoms with Gasteiger partial charge in [0, 0.05) is 49.1 Å². The van der Waals surface area contributed by atoms with E-state index >= 15 is 0 Å². The van der Waals surface area contributed by atoms with Crippen LogP contribution in [0.3, 0.4) is 0 Å². The van der Waals surface area contributed by atoms with Gasteiger partial charge in [0.25, 0.3) is 0 Å². The van der Waals surface area contributed by atoms with Crippen molar-refractivity contribution in [3.63, 3.8) is 0 Å². The molecule has 4 aromatic carbocycles. The van der Waals surface area contributed by atoms with Gasteiger partial charge >= 0.3 is 5.79 Å². The Hall–Kier alpha value is -3.81. The van der Waals surface area contributed by atoms with Gasteiger partial charge in [0.2, 0.25) is 10.0 Å². The lowest BCUT2D eigenvalue weighted by atomic mass is 9.97. The van der Waals surface area contributed by atoms with Gasteiger partial charge in [-0.25, -0.2) is 8.42 Å². The molecule has 0 amide bonds. The molecule has 7 heteroatoms. The Morgan fingerprint density at radius 2 is 1.14 bits per heavy atom. The molecule has 0 atom stereocenters. The zero-order valence-electron chi connectivity index (χ0n) is 19.7. The van der Waals surface area contributed by atoms with E-state index in [-0.39, 0.29) is 4.90 Å². The van der Waals surface area contributed by atoms with Crippen LogP contribution in [0, 0.1) is 0 Å². The summed E-state index contributed by atoms with van der Waals surface area (Å²) in [6, 6.07) is 34.3. The first-order chi connectivity index (χ1) is 17.6. The molecule has 4 aromatic rings. The van der Waals surface area contributed by atoms with Crippen LogP contribution < -0.4 is 14.4 Å². The molecule has 0 saturated carbocycles. The quantitative estimate of drug-likeness (QED) is 0.393. The minimum absolute atomic E-state index is 0.204. The maximum Gasteiger partial charge on any atom is 0.305 e. The van der Waals surface area contributed by atoms with E-state index in [1.165, 1.54) is 0 Å². The van der Waals surface area contributed by atoms with Crippen molar-refractivity contribution in [3.8, 4) is 11.5 Å². The van der Waals surface area contributed by atoms with Gasteiger partial charge in [0.05, 0.1) is 4.90 Å². The average Bonchev–Trinajstić information content (AvgIpc) is 3.35. The van der Waals surface area contributed by atoms with Crippen LogP contribution in [0.1, 0.15) is 11.1 Å². The number of benzene rings is 4. The maximum atomic E-state index is 13.5. The number of piperazine rings is 1. The molecule has 36 heavy (non-hydrogen) atoms. The minimum Gasteiger partial charge on any atom is -0.440 e. The predicted octanol–water partition coefficient (Wildman–Crippen LogP) is 4.87. The highest BCUT2D eigenvalue weighted by atomic mass is 32.2. The zero-order chi connectivity index (χ0) is 24.6. The Morgan fingerprint density at radius 1 is 0.611 bits per heavy atom. The monoisotopic (exact) mass is 498 g/mol. The number of rotatable bonds is 5. The van der Waals surface area contributed by atoms with Gasteiger partial charge in [-0.2, -0.15) is 4.31 Å². The van der Waals surface area contributed by atoms with Gasteiger partial charge < -0.3 is 14.4 Å². The predicted molar refractivity (Wildman–Crippen MR) is 139 cm³/mol. The summed E-state index contributed by atoms with van der Waals surface area (Å²) in [5.74, 6) is -0.267. The van der Waals surface area contributed by atoms with E-state index in [0.717, 1.165) is 16.8 Å². The molecule has 6 nitrogen and oxygen atoms in total. The Bertz CT molecular complexity index is 1410. The van der Waals surface area contributed by atoms with Gasteiger partial charge in [-0.05, 0) is 24.3 Å². The largest absolute Gasteiger partial charge is 0.440 e. The van der Waals surface area contributed by atoms with Crippen LogP contribution in [-0.4, -0.2) is 38.9 Å². The number of para-hydroxylation sites is 1. The first-order valence-corrected chi connectivity index (χ1v) is 13.4. The van der Waals surface area contributed by atoms with Crippen LogP contribution >= 0.6 is 0 Å². The number of hydrogen-bond donors (Lipinski definition) is 0. The lowest BCUT2D eigenvalue weighted by Gasteiger charge is -2.35. The highest BCUT2D eigenvalue weighted by molar-refractivity contribution is 7.89. The fourth-order valence-electron chi connectivity index (χ4n) is 4.84. The Morgan fingerprint density at radius 3 is 1.72 bits per heavy atom. The maximum absolute atomic E-state index is 13.5. The van der Waals surface area contributed by atoms with Crippen molar-refractivity contribution in [2.75, 3.05) is 31.1 Å². The van der Waals surface area contributed by atoms with E-state index in [9.17, 15) is 8.42 Å². The molecule has 0 N–H and O–H groups in total. The van der Waals surface area contributed by atoms with E-state index in [1.807, 2.05) is 91.0 Å². The third-order valence-electron chi connectivity index (χ3n) is 6.73. The smallest absolute Gasteiger partial charge is 0.305 e. The summed E-state index contributed by atoms with van der Waals surface area (Å²) in [6.07, 6.45) is 0. The summed E-state index contributed by atoms with van der Waals surface area (Å²) in [6.45, 7) is 2.12. The molecule has 1 saturated heterocycles. The first kappa shape index (κ1) is 22.6. The summed E-state index contributed by atoms with van der Waals surface area (Å²) in [5, 5.41) is 0. The van der Waals surface area contributed by atoms with Gasteiger partial charge in [-0.1, -0.05) is 78.9 Å². The van der Waals surface area contributed by atoms with Crippen LogP contribution in [0.15, 0.2) is 114 Å². The molecule has 0 radical (unpaired) electrons. The molecule has 0 aromatic heterocycles. The summed E-state index contributed by atoms with van der Waals surface area (Å²) < 4.78 is 41.5. The molecule has 182 valence electrons. The normalized spacial score (nSPS) is 17.2. The number of ether oxygens (including phenoxy) is 2. The van der Waals surface area contributed by atoms with Crippen LogP contribution in [0.4, 0.5) is 5.69 Å². The van der Waals surface area contributed by atoms with E-state index in [2.05, 4.69) is 4.90 Å². The third kappa shape index (κ3) is 3.90. The lowest BCUT2D eigenvalue weighted by molar-refractivity contribution is -0.0459. The number of nitrogens with zero attached hydrogens (tertiary/aromatic N) is 2. The minimum atomic E-state index is -3.68. The van der Waals surface area contributed by atoms with Crippen LogP contribution in [0.5, 0.6) is 11.5 Å². The molecule has 6 rings (SSSR count). The SMILES string of the molecule is O=S(=O)(c1ccc2c(c1)OC(c1ccccc1)(c1ccccc1)O2)N1CCN(c2ccccc2)CC1. The molecular weight excluding hydrogens is 472 g/mol. The van der Waals surface area contributed by atoms with Crippen LogP contribution in [-0.2, 0) is 15.8 Å². The lowest BCUT2D eigenvalue weighted by Crippen LogP contribution is -2.48. The number of anilines is 1. The molecule has 2 aliphatic rings. The van der Waals surface area contributed by atoms with E-state index in [1.54, 1.807) is 22.5 Å². The van der Waals surface area contributed by atoms with Crippen LogP contribution in [0.25, 0.3) is 0 Å². The Kier molecular flexibility index (Phi) is 5.66. The molecule has 0 bridgehead atoms. The van der Waals surface area contributed by atoms with Crippen molar-refractivity contribution in [2.24, 2.45) is 0 Å². The Labute approximate surface area is 211 Å². The average molecular weight is 499 g/mol. The molecule has 2 heterocycles. The van der Waals surface area contributed by atoms with E-state index in [4.69, 9.17) is 9.47 Å². The van der Waals surface area contributed by atoms with Crippen molar-refractivity contribution in [2.45, 2.75) is 10.7 Å². The second-order valence-electron chi connectivity index (χ2n) is 8.89. The zero-order valence-corrected chi connectivity index (χ0v) is 20.5. The molecule has 0 aliphatic carbocycles. The van der Waals surface area contributed by atoms with Crippen LogP contribution in [0.2, 0.25) is 0 Å². The van der Waals surface area contributed by atoms with Crippen molar-refractivity contribution in [3.05, 3.63) is 120 Å². The molecule has 0 unspecified atom stereocenters. The summed E-state index contributed by atoms with van der Waals surface area (Å²) in [5.41, 5.74) is 2.76. The van der Waals surface area contributed by atoms with Crippen molar-refractivity contribution < 1.29 is 17.9 Å². The summed E-state index contributed by atoms with van der Waals surface area (Å²) in [7, 11) is -3.68. The van der Waals surface area contributed by atoms with Gasteiger partial charge in [0.15, 0.2) is 11.5 Å². The number of fused-ring (bicyclic) bond motifs is 1. The van der Waals surface area contributed by atoms with Gasteiger partial charge in [0.1, 0.15) is 0 Å². The topological polar surface area (TPSA) is 59.1 Å². The second-order valence-corrected chi connectivity index (χ2v) is 10.8. The Balaban J connectivity index is 1.28. The summed E-state index contributed by atoms with van der Waals surface area (Å²) in [4.78, 5) is 2.41. The van der Waals surface area contributed by atoms with E-state index < -0.39 is 15.8 Å². The molecule has 0 spiro atoms. The molecule has 1 fully saturated rings. The van der Waals surface area contributed by atoms with Crippen molar-refractivity contribution in [1.29, 1.82) is 0 Å². The second kappa shape index (κ2) is 9.00. The van der Waals surface area contributed by atoms with Gasteiger partial charge in [-0.3, -0.25) is 0 Å². The standard InChI is InChI=1S/C29H26N2O4S/c32-36(33,31-20-18-30(19-21-31)25-14-8-3-9-15-25)26-16-17-27-28(22-26)35-29(34-27,23-10-4-1-5-11-23)24-12-6-2-7-13-24/h1-17,22H,18-21H2. The highest BCUT2D eigenvalue weighted by Gasteiger charge is 2.46. The van der Waals surface area contributed by atoms with Gasteiger partial charge in [-0.15, -0.1) is 0 Å². The third-order valence-corrected chi connectivity index (χ3v) is 8.62. The fraction of sp³-hybridized carbons (Fsp3) is 0.172. The summed E-state index contributed by atoms with van der Waals surface area (Å²) >= 11 is 0. The van der Waals surface area contributed by atoms with Crippen molar-refractivity contribution in [1.82, 2.24) is 4.31 Å². The first-order valence-electron chi connectivity index (χ1n) is 12.0.